The minimum atomic E-state index is -3.76. The van der Waals surface area contributed by atoms with Crippen LogP contribution in [0.5, 0.6) is 0 Å². The van der Waals surface area contributed by atoms with Gasteiger partial charge < -0.3 is 14.1 Å². The summed E-state index contributed by atoms with van der Waals surface area (Å²) in [5.74, 6) is 0.105. The minimum absolute atomic E-state index is 0.150. The maximum Gasteiger partial charge on any atom is 0.289 e. The molecule has 29 heavy (non-hydrogen) atoms. The highest BCUT2D eigenvalue weighted by Gasteiger charge is 2.34. The predicted molar refractivity (Wildman–Crippen MR) is 110 cm³/mol. The van der Waals surface area contributed by atoms with Crippen LogP contribution in [0.3, 0.4) is 0 Å². The Hall–Kier alpha value is -1.90. The number of aryl methyl sites for hydroxylation is 2. The van der Waals surface area contributed by atoms with Crippen molar-refractivity contribution < 1.29 is 22.4 Å². The third-order valence-corrected chi connectivity index (χ3v) is 8.15. The zero-order valence-electron chi connectivity index (χ0n) is 17.3. The number of piperidine rings is 1. The van der Waals surface area contributed by atoms with Crippen LogP contribution in [-0.2, 0) is 14.8 Å². The number of amides is 1. The molecule has 1 amide bonds. The van der Waals surface area contributed by atoms with E-state index in [1.807, 2.05) is 24.8 Å². The zero-order valence-corrected chi connectivity index (χ0v) is 18.1. The molecule has 0 aliphatic carbocycles. The zero-order chi connectivity index (χ0) is 20.8. The second-order valence-corrected chi connectivity index (χ2v) is 9.82. The summed E-state index contributed by atoms with van der Waals surface area (Å²) in [4.78, 5) is 15.1. The molecule has 158 valence electrons. The molecule has 3 heterocycles. The van der Waals surface area contributed by atoms with Gasteiger partial charge in [-0.1, -0.05) is 0 Å². The summed E-state index contributed by atoms with van der Waals surface area (Å²) in [5, 5.41) is 0.695. The summed E-state index contributed by atoms with van der Waals surface area (Å²) >= 11 is 0. The summed E-state index contributed by atoms with van der Waals surface area (Å²) in [6, 6.07) is 1.93. The fourth-order valence-corrected chi connectivity index (χ4v) is 6.04. The number of ether oxygens (including phenoxy) is 1. The van der Waals surface area contributed by atoms with Gasteiger partial charge in [0.1, 0.15) is 4.90 Å². The van der Waals surface area contributed by atoms with Crippen molar-refractivity contribution in [2.45, 2.75) is 44.9 Å². The lowest BCUT2D eigenvalue weighted by atomic mass is 10.0. The fraction of sp³-hybridized carbons (Fsp3) is 0.571. The monoisotopic (exact) mass is 420 g/mol. The summed E-state index contributed by atoms with van der Waals surface area (Å²) in [6.07, 6.45) is 3.10. The van der Waals surface area contributed by atoms with Crippen molar-refractivity contribution >= 4 is 26.9 Å². The van der Waals surface area contributed by atoms with Gasteiger partial charge in [0, 0.05) is 37.1 Å². The maximum absolute atomic E-state index is 13.5. The quantitative estimate of drug-likeness (QED) is 0.763. The fourth-order valence-electron chi connectivity index (χ4n) is 4.21. The van der Waals surface area contributed by atoms with E-state index in [2.05, 4.69) is 0 Å². The molecule has 0 N–H and O–H groups in total. The Kier molecular flexibility index (Phi) is 5.44. The normalized spacial score (nSPS) is 19.1. The summed E-state index contributed by atoms with van der Waals surface area (Å²) in [6.45, 7) is 8.35. The second kappa shape index (κ2) is 7.74. The molecule has 2 aliphatic rings. The number of fused-ring (bicyclic) bond motifs is 1. The Bertz CT molecular complexity index is 1040. The van der Waals surface area contributed by atoms with Crippen molar-refractivity contribution in [1.82, 2.24) is 9.21 Å². The summed E-state index contributed by atoms with van der Waals surface area (Å²) in [5.41, 5.74) is 2.52. The molecular weight excluding hydrogens is 392 g/mol. The molecule has 1 aromatic carbocycles. The maximum atomic E-state index is 13.5. The number of sulfonamides is 1. The Morgan fingerprint density at radius 2 is 1.62 bits per heavy atom. The van der Waals surface area contributed by atoms with Gasteiger partial charge in [-0.2, -0.15) is 4.31 Å². The number of likely N-dealkylation sites (tertiary alicyclic amines) is 1. The molecule has 0 radical (unpaired) electrons. The average molecular weight is 421 g/mol. The van der Waals surface area contributed by atoms with Gasteiger partial charge in [0.05, 0.1) is 13.2 Å². The Morgan fingerprint density at radius 1 is 0.966 bits per heavy atom. The highest BCUT2D eigenvalue weighted by molar-refractivity contribution is 7.89. The Morgan fingerprint density at radius 3 is 2.28 bits per heavy atom. The standard InChI is InChI=1S/C21H28N2O5S/c1-14-13-17-16(3)18(21(24)22-7-5-4-6-8-22)28-19(17)20(15(14)2)29(25,26)23-9-11-27-12-10-23/h13H,4-12H2,1-3H3. The predicted octanol–water partition coefficient (Wildman–Crippen LogP) is 3.01. The van der Waals surface area contributed by atoms with Crippen LogP contribution in [0.25, 0.3) is 11.0 Å². The first kappa shape index (κ1) is 20.4. The van der Waals surface area contributed by atoms with Crippen LogP contribution >= 0.6 is 0 Å². The van der Waals surface area contributed by atoms with Crippen LogP contribution in [0.4, 0.5) is 0 Å². The molecule has 0 saturated carbocycles. The van der Waals surface area contributed by atoms with Gasteiger partial charge in [0.2, 0.25) is 10.0 Å². The van der Waals surface area contributed by atoms with E-state index < -0.39 is 10.0 Å². The number of rotatable bonds is 3. The van der Waals surface area contributed by atoms with Crippen molar-refractivity contribution in [3.8, 4) is 0 Å². The van der Waals surface area contributed by atoms with Crippen LogP contribution in [-0.4, -0.2) is 62.9 Å². The first-order valence-electron chi connectivity index (χ1n) is 10.2. The molecule has 4 rings (SSSR count). The third kappa shape index (κ3) is 3.47. The molecule has 0 bridgehead atoms. The van der Waals surface area contributed by atoms with Crippen LogP contribution in [0, 0.1) is 20.8 Å². The van der Waals surface area contributed by atoms with Gasteiger partial charge in [-0.3, -0.25) is 4.79 Å². The van der Waals surface area contributed by atoms with Crippen molar-refractivity contribution in [2.75, 3.05) is 39.4 Å². The van der Waals surface area contributed by atoms with Gasteiger partial charge in [0.25, 0.3) is 5.91 Å². The third-order valence-electron chi connectivity index (χ3n) is 6.10. The van der Waals surface area contributed by atoms with Crippen LogP contribution in [0.2, 0.25) is 0 Å². The van der Waals surface area contributed by atoms with E-state index in [0.29, 0.717) is 55.9 Å². The first-order chi connectivity index (χ1) is 13.8. The van der Waals surface area contributed by atoms with E-state index in [1.165, 1.54) is 4.31 Å². The number of carbonyl (C=O) groups excluding carboxylic acids is 1. The van der Waals surface area contributed by atoms with Gasteiger partial charge in [0.15, 0.2) is 11.3 Å². The highest BCUT2D eigenvalue weighted by atomic mass is 32.2. The lowest BCUT2D eigenvalue weighted by Crippen LogP contribution is -2.41. The largest absolute Gasteiger partial charge is 0.449 e. The number of furan rings is 1. The summed E-state index contributed by atoms with van der Waals surface area (Å²) < 4.78 is 39.8. The smallest absolute Gasteiger partial charge is 0.289 e. The van der Waals surface area contributed by atoms with E-state index >= 15 is 0 Å². The van der Waals surface area contributed by atoms with Gasteiger partial charge >= 0.3 is 0 Å². The molecule has 2 aliphatic heterocycles. The second-order valence-electron chi connectivity index (χ2n) is 7.95. The van der Waals surface area contributed by atoms with Gasteiger partial charge in [-0.15, -0.1) is 0 Å². The number of nitrogens with zero attached hydrogens (tertiary/aromatic N) is 2. The van der Waals surface area contributed by atoms with E-state index in [-0.39, 0.29) is 22.1 Å². The topological polar surface area (TPSA) is 80.1 Å². The number of carbonyl (C=O) groups is 1. The van der Waals surface area contributed by atoms with Gasteiger partial charge in [-0.05, 0) is 57.2 Å². The van der Waals surface area contributed by atoms with Crippen molar-refractivity contribution in [2.24, 2.45) is 0 Å². The Balaban J connectivity index is 1.86. The van der Waals surface area contributed by atoms with Gasteiger partial charge in [-0.25, -0.2) is 8.42 Å². The molecule has 8 heteroatoms. The first-order valence-corrected chi connectivity index (χ1v) is 11.7. The lowest BCUT2D eigenvalue weighted by molar-refractivity contribution is 0.0693. The molecule has 1 aromatic heterocycles. The number of morpholine rings is 1. The van der Waals surface area contributed by atoms with E-state index in [1.54, 1.807) is 6.92 Å². The number of hydrogen-bond acceptors (Lipinski definition) is 5. The van der Waals surface area contributed by atoms with E-state index in [9.17, 15) is 13.2 Å². The Labute approximate surface area is 171 Å². The molecule has 0 spiro atoms. The van der Waals surface area contributed by atoms with Crippen LogP contribution in [0.15, 0.2) is 15.4 Å². The van der Waals surface area contributed by atoms with Crippen LogP contribution < -0.4 is 0 Å². The van der Waals surface area contributed by atoms with Crippen molar-refractivity contribution in [1.29, 1.82) is 0 Å². The molecule has 2 saturated heterocycles. The summed E-state index contributed by atoms with van der Waals surface area (Å²) in [7, 11) is -3.76. The molecular formula is C21H28N2O5S. The number of hydrogen-bond donors (Lipinski definition) is 0. The molecule has 0 atom stereocenters. The number of benzene rings is 1. The lowest BCUT2D eigenvalue weighted by Gasteiger charge is -2.27. The van der Waals surface area contributed by atoms with Crippen molar-refractivity contribution in [3.05, 3.63) is 28.5 Å². The minimum Gasteiger partial charge on any atom is -0.449 e. The van der Waals surface area contributed by atoms with E-state index in [0.717, 1.165) is 24.8 Å². The average Bonchev–Trinajstić information content (AvgIpc) is 3.05. The van der Waals surface area contributed by atoms with E-state index in [4.69, 9.17) is 9.15 Å². The molecule has 2 fully saturated rings. The van der Waals surface area contributed by atoms with Crippen LogP contribution in [0.1, 0.15) is 46.5 Å². The van der Waals surface area contributed by atoms with Crippen molar-refractivity contribution in [3.63, 3.8) is 0 Å². The molecule has 2 aromatic rings. The molecule has 7 nitrogen and oxygen atoms in total. The highest BCUT2D eigenvalue weighted by Crippen LogP contribution is 2.36. The SMILES string of the molecule is Cc1cc2c(C)c(C(=O)N3CCCCC3)oc2c(S(=O)(=O)N2CCOCC2)c1C. The molecule has 0 unspecified atom stereocenters.